The van der Waals surface area contributed by atoms with Crippen LogP contribution in [0.2, 0.25) is 5.28 Å². The molecule has 1 atom stereocenters. The van der Waals surface area contributed by atoms with Crippen molar-refractivity contribution in [3.63, 3.8) is 0 Å². The molecule has 0 radical (unpaired) electrons. The quantitative estimate of drug-likeness (QED) is 0.766. The van der Waals surface area contributed by atoms with E-state index in [2.05, 4.69) is 9.97 Å². The second kappa shape index (κ2) is 5.40. The molecule has 0 aromatic carbocycles. The van der Waals surface area contributed by atoms with Crippen LogP contribution in [0, 0.1) is 11.3 Å². The Balaban J connectivity index is 3.03. The smallest absolute Gasteiger partial charge is 0.225 e. The normalized spacial score (nSPS) is 13.4. The maximum atomic E-state index is 12.1. The molecule has 0 aliphatic rings. The fourth-order valence-electron chi connectivity index (χ4n) is 1.10. The van der Waals surface area contributed by atoms with Gasteiger partial charge in [0.1, 0.15) is 4.90 Å². The molecular weight excluding hydrogens is 264 g/mol. The van der Waals surface area contributed by atoms with Gasteiger partial charge in [0.05, 0.1) is 24.9 Å². The second-order valence-corrected chi connectivity index (χ2v) is 5.76. The Kier molecular flexibility index (Phi) is 4.40. The summed E-state index contributed by atoms with van der Waals surface area (Å²) in [6.45, 7) is 1.65. The number of hydrogen-bond donors (Lipinski definition) is 0. The summed E-state index contributed by atoms with van der Waals surface area (Å²) in [4.78, 5) is 7.19. The minimum Gasteiger partial charge on any atom is -0.225 e. The summed E-state index contributed by atoms with van der Waals surface area (Å²) in [7, 11) is -2.27. The molecule has 0 bridgehead atoms. The van der Waals surface area contributed by atoms with Gasteiger partial charge in [0.25, 0.3) is 0 Å². The first-order valence-electron chi connectivity index (χ1n) is 4.72. The van der Waals surface area contributed by atoms with Gasteiger partial charge in [-0.2, -0.15) is 9.57 Å². The zero-order valence-electron chi connectivity index (χ0n) is 9.33. The number of sulfonamides is 1. The van der Waals surface area contributed by atoms with Gasteiger partial charge in [-0.05, 0) is 18.5 Å². The Morgan fingerprint density at radius 2 is 2.06 bits per heavy atom. The van der Waals surface area contributed by atoms with E-state index in [-0.39, 0.29) is 16.6 Å². The van der Waals surface area contributed by atoms with Gasteiger partial charge in [-0.15, -0.1) is 0 Å². The van der Waals surface area contributed by atoms with Crippen molar-refractivity contribution < 1.29 is 8.42 Å². The Bertz CT molecular complexity index is 523. The summed E-state index contributed by atoms with van der Waals surface area (Å²) in [6, 6.07) is 1.51. The molecule has 6 nitrogen and oxygen atoms in total. The van der Waals surface area contributed by atoms with Crippen molar-refractivity contribution in [3.8, 4) is 6.07 Å². The second-order valence-electron chi connectivity index (χ2n) is 3.42. The van der Waals surface area contributed by atoms with Crippen LogP contribution in [-0.2, 0) is 10.0 Å². The molecule has 0 fully saturated rings. The van der Waals surface area contributed by atoms with Gasteiger partial charge in [0.15, 0.2) is 0 Å². The third kappa shape index (κ3) is 3.12. The molecule has 0 N–H and O–H groups in total. The van der Waals surface area contributed by atoms with E-state index in [1.54, 1.807) is 6.92 Å². The molecule has 1 aromatic heterocycles. The first kappa shape index (κ1) is 13.8. The minimum atomic E-state index is -3.68. The lowest BCUT2D eigenvalue weighted by Crippen LogP contribution is -2.34. The lowest BCUT2D eigenvalue weighted by molar-refractivity contribution is 0.393. The van der Waals surface area contributed by atoms with Crippen LogP contribution < -0.4 is 0 Å². The standard InChI is InChI=1S/C9H11ClN4O2S/c1-7(3-4-11)14(2)17(15,16)8-5-12-9(10)13-6-8/h5-7H,3H2,1-2H3. The zero-order chi connectivity index (χ0) is 13.1. The lowest BCUT2D eigenvalue weighted by Gasteiger charge is -2.21. The number of aromatic nitrogens is 2. The number of halogens is 1. The summed E-state index contributed by atoms with van der Waals surface area (Å²) in [5.74, 6) is 0. The van der Waals surface area contributed by atoms with Crippen LogP contribution in [0.3, 0.4) is 0 Å². The van der Waals surface area contributed by atoms with E-state index >= 15 is 0 Å². The summed E-state index contributed by atoms with van der Waals surface area (Å²) in [6.07, 6.45) is 2.39. The predicted molar refractivity (Wildman–Crippen MR) is 61.7 cm³/mol. The topological polar surface area (TPSA) is 87.0 Å². The van der Waals surface area contributed by atoms with Crippen molar-refractivity contribution in [1.29, 1.82) is 5.26 Å². The molecule has 0 amide bonds. The Hall–Kier alpha value is -1.23. The van der Waals surface area contributed by atoms with Crippen LogP contribution in [0.5, 0.6) is 0 Å². The fraction of sp³-hybridized carbons (Fsp3) is 0.444. The van der Waals surface area contributed by atoms with Crippen molar-refractivity contribution in [1.82, 2.24) is 14.3 Å². The van der Waals surface area contributed by atoms with Gasteiger partial charge in [0.2, 0.25) is 15.3 Å². The highest BCUT2D eigenvalue weighted by Gasteiger charge is 2.25. The molecular formula is C9H11ClN4O2S. The van der Waals surface area contributed by atoms with Crippen molar-refractivity contribution in [2.24, 2.45) is 0 Å². The van der Waals surface area contributed by atoms with Gasteiger partial charge < -0.3 is 0 Å². The molecule has 1 aromatic rings. The summed E-state index contributed by atoms with van der Waals surface area (Å²) >= 11 is 5.48. The first-order valence-corrected chi connectivity index (χ1v) is 6.54. The van der Waals surface area contributed by atoms with Crippen molar-refractivity contribution in [2.45, 2.75) is 24.3 Å². The molecule has 0 saturated carbocycles. The van der Waals surface area contributed by atoms with Gasteiger partial charge >= 0.3 is 0 Å². The zero-order valence-corrected chi connectivity index (χ0v) is 10.9. The van der Waals surface area contributed by atoms with E-state index in [1.807, 2.05) is 6.07 Å². The van der Waals surface area contributed by atoms with Crippen molar-refractivity contribution >= 4 is 21.6 Å². The van der Waals surface area contributed by atoms with E-state index in [0.717, 1.165) is 16.7 Å². The average Bonchev–Trinajstić information content (AvgIpc) is 2.29. The van der Waals surface area contributed by atoms with E-state index in [1.165, 1.54) is 7.05 Å². The summed E-state index contributed by atoms with van der Waals surface area (Å²) in [5, 5.41) is 8.53. The monoisotopic (exact) mass is 274 g/mol. The fourth-order valence-corrected chi connectivity index (χ4v) is 2.45. The van der Waals surface area contributed by atoms with Crippen LogP contribution in [0.15, 0.2) is 17.3 Å². The number of nitriles is 1. The van der Waals surface area contributed by atoms with Gasteiger partial charge in [-0.25, -0.2) is 18.4 Å². The van der Waals surface area contributed by atoms with Crippen LogP contribution >= 0.6 is 11.6 Å². The largest absolute Gasteiger partial charge is 0.246 e. The van der Waals surface area contributed by atoms with Gasteiger partial charge in [-0.3, -0.25) is 0 Å². The molecule has 17 heavy (non-hydrogen) atoms. The molecule has 0 spiro atoms. The molecule has 1 rings (SSSR count). The highest BCUT2D eigenvalue weighted by Crippen LogP contribution is 2.16. The SMILES string of the molecule is CC(CC#N)N(C)S(=O)(=O)c1cnc(Cl)nc1. The van der Waals surface area contributed by atoms with Gasteiger partial charge in [0, 0.05) is 13.1 Å². The maximum Gasteiger partial charge on any atom is 0.246 e. The highest BCUT2D eigenvalue weighted by molar-refractivity contribution is 7.89. The Morgan fingerprint density at radius 1 is 1.53 bits per heavy atom. The average molecular weight is 275 g/mol. The predicted octanol–water partition coefficient (Wildman–Crippen LogP) is 1.05. The summed E-state index contributed by atoms with van der Waals surface area (Å²) < 4.78 is 25.2. The van der Waals surface area contributed by atoms with E-state index in [0.29, 0.717) is 0 Å². The van der Waals surface area contributed by atoms with Crippen LogP contribution in [0.25, 0.3) is 0 Å². The third-order valence-corrected chi connectivity index (χ3v) is 4.40. The number of hydrogen-bond acceptors (Lipinski definition) is 5. The van der Waals surface area contributed by atoms with Gasteiger partial charge in [-0.1, -0.05) is 0 Å². The van der Waals surface area contributed by atoms with E-state index in [9.17, 15) is 8.42 Å². The molecule has 0 aliphatic heterocycles. The molecule has 8 heteroatoms. The first-order chi connectivity index (χ1) is 7.89. The van der Waals surface area contributed by atoms with E-state index in [4.69, 9.17) is 16.9 Å². The third-order valence-electron chi connectivity index (χ3n) is 2.28. The molecule has 0 aliphatic carbocycles. The molecule has 1 unspecified atom stereocenters. The number of nitrogens with zero attached hydrogens (tertiary/aromatic N) is 4. The highest BCUT2D eigenvalue weighted by atomic mass is 35.5. The maximum absolute atomic E-state index is 12.1. The Morgan fingerprint density at radius 3 is 2.53 bits per heavy atom. The number of rotatable bonds is 4. The van der Waals surface area contributed by atoms with Crippen LogP contribution in [0.1, 0.15) is 13.3 Å². The minimum absolute atomic E-state index is 0.0170. The molecule has 0 saturated heterocycles. The Labute approximate surface area is 105 Å². The summed E-state index contributed by atoms with van der Waals surface area (Å²) in [5.41, 5.74) is 0. The van der Waals surface area contributed by atoms with E-state index < -0.39 is 16.1 Å². The molecule has 92 valence electrons. The van der Waals surface area contributed by atoms with Crippen LogP contribution in [0.4, 0.5) is 0 Å². The lowest BCUT2D eigenvalue weighted by atomic mass is 10.3. The molecule has 1 heterocycles. The van der Waals surface area contributed by atoms with Crippen LogP contribution in [-0.4, -0.2) is 35.8 Å². The van der Waals surface area contributed by atoms with Crippen molar-refractivity contribution in [3.05, 3.63) is 17.7 Å². The van der Waals surface area contributed by atoms with Crippen molar-refractivity contribution in [2.75, 3.05) is 7.05 Å².